The Morgan fingerprint density at radius 2 is 1.50 bits per heavy atom. The fourth-order valence-corrected chi connectivity index (χ4v) is 5.08. The third-order valence-electron chi connectivity index (χ3n) is 5.29. The molecule has 0 unspecified atom stereocenters. The van der Waals surface area contributed by atoms with E-state index in [1.165, 1.54) is 0 Å². The van der Waals surface area contributed by atoms with Gasteiger partial charge in [-0.25, -0.2) is 0 Å². The lowest BCUT2D eigenvalue weighted by Gasteiger charge is -2.38. The molecule has 152 valence electrons. The molecule has 2 aromatic rings. The number of nitrogens with zero attached hydrogens (tertiary/aromatic N) is 6. The Kier molecular flexibility index (Phi) is 5.74. The van der Waals surface area contributed by atoms with Crippen LogP contribution in [0, 0.1) is 0 Å². The van der Waals surface area contributed by atoms with Crippen molar-refractivity contribution in [3.8, 4) is 11.5 Å². The van der Waals surface area contributed by atoms with Gasteiger partial charge in [0.25, 0.3) is 10.2 Å². The summed E-state index contributed by atoms with van der Waals surface area (Å²) in [6.45, 7) is 5.46. The van der Waals surface area contributed by atoms with E-state index >= 15 is 0 Å². The van der Waals surface area contributed by atoms with E-state index in [9.17, 15) is 8.42 Å². The molecule has 0 spiro atoms. The van der Waals surface area contributed by atoms with Gasteiger partial charge < -0.3 is 9.32 Å². The predicted molar refractivity (Wildman–Crippen MR) is 105 cm³/mol. The lowest BCUT2D eigenvalue weighted by molar-refractivity contribution is 0.156. The minimum absolute atomic E-state index is 0.481. The van der Waals surface area contributed by atoms with E-state index in [2.05, 4.69) is 20.0 Å². The van der Waals surface area contributed by atoms with Crippen molar-refractivity contribution in [2.24, 2.45) is 0 Å². The molecule has 2 aliphatic rings. The number of hydrogen-bond donors (Lipinski definition) is 0. The van der Waals surface area contributed by atoms with Crippen LogP contribution in [0.1, 0.15) is 5.89 Å². The van der Waals surface area contributed by atoms with Crippen molar-refractivity contribution in [2.75, 3.05) is 59.4 Å². The van der Waals surface area contributed by atoms with Crippen molar-refractivity contribution < 1.29 is 12.8 Å². The van der Waals surface area contributed by atoms with Crippen molar-refractivity contribution in [1.82, 2.24) is 28.6 Å². The van der Waals surface area contributed by atoms with Gasteiger partial charge in [0.05, 0.1) is 6.54 Å². The fraction of sp³-hybridized carbons (Fsp3) is 0.556. The van der Waals surface area contributed by atoms with Crippen molar-refractivity contribution >= 4 is 10.2 Å². The summed E-state index contributed by atoms with van der Waals surface area (Å²) in [6, 6.07) is 9.66. The van der Waals surface area contributed by atoms with Crippen LogP contribution in [0.2, 0.25) is 0 Å². The third kappa shape index (κ3) is 4.26. The first-order valence-electron chi connectivity index (χ1n) is 9.56. The minimum atomic E-state index is -3.37. The SMILES string of the molecule is CN1CCN(S(=O)(=O)N2CCN(Cc3nnc(-c4ccccc4)o3)CC2)CC1. The smallest absolute Gasteiger partial charge is 0.282 e. The first-order valence-corrected chi connectivity index (χ1v) is 11.0. The second kappa shape index (κ2) is 8.26. The Morgan fingerprint density at radius 3 is 2.14 bits per heavy atom. The van der Waals surface area contributed by atoms with Crippen LogP contribution >= 0.6 is 0 Å². The van der Waals surface area contributed by atoms with E-state index in [0.29, 0.717) is 57.6 Å². The van der Waals surface area contributed by atoms with Gasteiger partial charge in [-0.2, -0.15) is 17.0 Å². The van der Waals surface area contributed by atoms with E-state index < -0.39 is 10.2 Å². The van der Waals surface area contributed by atoms with Crippen LogP contribution in [0.5, 0.6) is 0 Å². The molecular weight excluding hydrogens is 380 g/mol. The van der Waals surface area contributed by atoms with Gasteiger partial charge in [0.15, 0.2) is 0 Å². The second-order valence-electron chi connectivity index (χ2n) is 7.25. The molecule has 2 saturated heterocycles. The number of hydrogen-bond acceptors (Lipinski definition) is 7. The van der Waals surface area contributed by atoms with E-state index in [1.54, 1.807) is 8.61 Å². The Hall–Kier alpha value is -1.85. The third-order valence-corrected chi connectivity index (χ3v) is 7.33. The van der Waals surface area contributed by atoms with Gasteiger partial charge in [0, 0.05) is 57.9 Å². The lowest BCUT2D eigenvalue weighted by atomic mass is 10.2. The molecule has 3 heterocycles. The van der Waals surface area contributed by atoms with Gasteiger partial charge >= 0.3 is 0 Å². The average Bonchev–Trinajstić information content (AvgIpc) is 3.18. The maximum atomic E-state index is 12.8. The minimum Gasteiger partial charge on any atom is -0.419 e. The zero-order valence-corrected chi connectivity index (χ0v) is 16.9. The molecule has 0 amide bonds. The topological polar surface area (TPSA) is 86.0 Å². The van der Waals surface area contributed by atoms with Crippen LogP contribution < -0.4 is 0 Å². The van der Waals surface area contributed by atoms with Gasteiger partial charge in [-0.05, 0) is 19.2 Å². The van der Waals surface area contributed by atoms with Crippen molar-refractivity contribution in [3.63, 3.8) is 0 Å². The lowest BCUT2D eigenvalue weighted by Crippen LogP contribution is -2.56. The van der Waals surface area contributed by atoms with Crippen molar-refractivity contribution in [1.29, 1.82) is 0 Å². The highest BCUT2D eigenvalue weighted by Crippen LogP contribution is 2.19. The van der Waals surface area contributed by atoms with Gasteiger partial charge in [0.2, 0.25) is 11.8 Å². The first-order chi connectivity index (χ1) is 13.5. The monoisotopic (exact) mass is 406 g/mol. The summed E-state index contributed by atoms with van der Waals surface area (Å²) in [5, 5.41) is 8.25. The summed E-state index contributed by atoms with van der Waals surface area (Å²) in [6.07, 6.45) is 0. The van der Waals surface area contributed by atoms with Gasteiger partial charge in [-0.3, -0.25) is 4.90 Å². The molecule has 0 N–H and O–H groups in total. The normalized spacial score (nSPS) is 21.2. The van der Waals surface area contributed by atoms with Crippen LogP contribution in [-0.4, -0.2) is 96.4 Å². The molecule has 0 aliphatic carbocycles. The maximum absolute atomic E-state index is 12.8. The number of rotatable bonds is 5. The highest BCUT2D eigenvalue weighted by molar-refractivity contribution is 7.86. The molecule has 2 aliphatic heterocycles. The number of aromatic nitrogens is 2. The highest BCUT2D eigenvalue weighted by Gasteiger charge is 2.34. The van der Waals surface area contributed by atoms with Crippen LogP contribution in [0.4, 0.5) is 0 Å². The van der Waals surface area contributed by atoms with Crippen LogP contribution in [0.25, 0.3) is 11.5 Å². The molecule has 1 aromatic heterocycles. The zero-order chi connectivity index (χ0) is 19.6. The first kappa shape index (κ1) is 19.5. The summed E-state index contributed by atoms with van der Waals surface area (Å²) in [7, 11) is -1.36. The number of benzene rings is 1. The number of piperazine rings is 2. The molecule has 28 heavy (non-hydrogen) atoms. The Bertz CT molecular complexity index is 872. The van der Waals surface area contributed by atoms with Crippen LogP contribution in [-0.2, 0) is 16.8 Å². The van der Waals surface area contributed by atoms with E-state index in [4.69, 9.17) is 4.42 Å². The molecule has 0 saturated carbocycles. The molecule has 1 aromatic carbocycles. The molecular formula is C18H26N6O3S. The summed E-state index contributed by atoms with van der Waals surface area (Å²) >= 11 is 0. The van der Waals surface area contributed by atoms with Crippen molar-refractivity contribution in [3.05, 3.63) is 36.2 Å². The fourth-order valence-electron chi connectivity index (χ4n) is 3.51. The molecule has 0 atom stereocenters. The van der Waals surface area contributed by atoms with Gasteiger partial charge in [-0.15, -0.1) is 10.2 Å². The Balaban J connectivity index is 1.32. The van der Waals surface area contributed by atoms with E-state index in [-0.39, 0.29) is 0 Å². The van der Waals surface area contributed by atoms with Gasteiger partial charge in [0.1, 0.15) is 0 Å². The molecule has 9 nitrogen and oxygen atoms in total. The summed E-state index contributed by atoms with van der Waals surface area (Å²) in [4.78, 5) is 4.30. The molecule has 10 heteroatoms. The summed E-state index contributed by atoms with van der Waals surface area (Å²) in [5.74, 6) is 1.06. The second-order valence-corrected chi connectivity index (χ2v) is 9.18. The molecule has 0 radical (unpaired) electrons. The predicted octanol–water partition coefficient (Wildman–Crippen LogP) is 0.346. The summed E-state index contributed by atoms with van der Waals surface area (Å²) in [5.41, 5.74) is 0.893. The largest absolute Gasteiger partial charge is 0.419 e. The van der Waals surface area contributed by atoms with E-state index in [0.717, 1.165) is 18.7 Å². The molecule has 4 rings (SSSR count). The highest BCUT2D eigenvalue weighted by atomic mass is 32.2. The number of likely N-dealkylation sites (N-methyl/N-ethyl adjacent to an activating group) is 1. The molecule has 0 bridgehead atoms. The maximum Gasteiger partial charge on any atom is 0.282 e. The molecule has 2 fully saturated rings. The zero-order valence-electron chi connectivity index (χ0n) is 16.1. The quantitative estimate of drug-likeness (QED) is 0.708. The summed E-state index contributed by atoms with van der Waals surface area (Å²) < 4.78 is 34.7. The van der Waals surface area contributed by atoms with E-state index in [1.807, 2.05) is 37.4 Å². The Morgan fingerprint density at radius 1 is 0.893 bits per heavy atom. The van der Waals surface area contributed by atoms with Gasteiger partial charge in [-0.1, -0.05) is 18.2 Å². The van der Waals surface area contributed by atoms with Crippen LogP contribution in [0.15, 0.2) is 34.7 Å². The average molecular weight is 407 g/mol. The van der Waals surface area contributed by atoms with Crippen molar-refractivity contribution in [2.45, 2.75) is 6.54 Å². The van der Waals surface area contributed by atoms with Crippen LogP contribution in [0.3, 0.4) is 0 Å². The Labute approximate surface area is 165 Å². The standard InChI is InChI=1S/C18H26N6O3S/c1-21-7-11-23(12-8-21)28(25,26)24-13-9-22(10-14-24)15-17-19-20-18(27-17)16-5-3-2-4-6-16/h2-6H,7-15H2,1H3.